The predicted octanol–water partition coefficient (Wildman–Crippen LogP) is 4.24. The lowest BCUT2D eigenvalue weighted by Gasteiger charge is -2.17. The fourth-order valence-corrected chi connectivity index (χ4v) is 2.68. The molecular formula is C19H33N3. The quantitative estimate of drug-likeness (QED) is 0.462. The Morgan fingerprint density at radius 2 is 1.91 bits per heavy atom. The maximum absolute atomic E-state index is 4.86. The van der Waals surface area contributed by atoms with Crippen molar-refractivity contribution in [1.29, 1.82) is 0 Å². The number of hydrogen-bond donors (Lipinski definition) is 1. The predicted molar refractivity (Wildman–Crippen MR) is 96.8 cm³/mol. The lowest BCUT2D eigenvalue weighted by atomic mass is 10.1. The lowest BCUT2D eigenvalue weighted by Crippen LogP contribution is -2.28. The van der Waals surface area contributed by atoms with Crippen molar-refractivity contribution in [3.63, 3.8) is 0 Å². The zero-order valence-corrected chi connectivity index (χ0v) is 14.7. The van der Waals surface area contributed by atoms with E-state index in [1.165, 1.54) is 44.2 Å². The molecule has 0 radical (unpaired) electrons. The zero-order chi connectivity index (χ0) is 16.2. The van der Waals surface area contributed by atoms with Crippen LogP contribution in [0.3, 0.4) is 0 Å². The summed E-state index contributed by atoms with van der Waals surface area (Å²) in [5.41, 5.74) is 3.50. The van der Waals surface area contributed by atoms with Gasteiger partial charge in [0, 0.05) is 18.9 Å². The molecule has 0 fully saturated rings. The fourth-order valence-electron chi connectivity index (χ4n) is 2.68. The lowest BCUT2D eigenvalue weighted by molar-refractivity contribution is 0.306. The van der Waals surface area contributed by atoms with Crippen molar-refractivity contribution in [2.75, 3.05) is 20.8 Å². The SMILES string of the molecule is C=Cc1ccc(CCCCCCCC)nc1CN(C)CNC. The minimum atomic E-state index is 0.854. The van der Waals surface area contributed by atoms with E-state index >= 15 is 0 Å². The molecule has 0 bridgehead atoms. The number of unbranched alkanes of at least 4 members (excludes halogenated alkanes) is 5. The van der Waals surface area contributed by atoms with Crippen LogP contribution in [0.5, 0.6) is 0 Å². The zero-order valence-electron chi connectivity index (χ0n) is 14.7. The summed E-state index contributed by atoms with van der Waals surface area (Å²) in [6.07, 6.45) is 11.0. The van der Waals surface area contributed by atoms with Gasteiger partial charge in [0.1, 0.15) is 0 Å². The van der Waals surface area contributed by atoms with Crippen LogP contribution in [0.4, 0.5) is 0 Å². The van der Waals surface area contributed by atoms with E-state index in [4.69, 9.17) is 4.98 Å². The third-order valence-electron chi connectivity index (χ3n) is 3.92. The van der Waals surface area contributed by atoms with E-state index < -0.39 is 0 Å². The van der Waals surface area contributed by atoms with E-state index in [2.05, 4.69) is 42.9 Å². The smallest absolute Gasteiger partial charge is 0.0619 e. The number of nitrogens with zero attached hydrogens (tertiary/aromatic N) is 2. The van der Waals surface area contributed by atoms with Gasteiger partial charge in [-0.1, -0.05) is 57.7 Å². The maximum atomic E-state index is 4.86. The second-order valence-electron chi connectivity index (χ2n) is 6.09. The third kappa shape index (κ3) is 7.19. The Morgan fingerprint density at radius 1 is 1.18 bits per heavy atom. The van der Waals surface area contributed by atoms with Crippen molar-refractivity contribution in [3.05, 3.63) is 35.7 Å². The molecule has 1 aromatic rings. The van der Waals surface area contributed by atoms with E-state index in [-0.39, 0.29) is 0 Å². The first-order chi connectivity index (χ1) is 10.7. The van der Waals surface area contributed by atoms with Crippen molar-refractivity contribution in [3.8, 4) is 0 Å². The van der Waals surface area contributed by atoms with Crippen LogP contribution in [0.1, 0.15) is 62.4 Å². The fraction of sp³-hybridized carbons (Fsp3) is 0.632. The Hall–Kier alpha value is -1.19. The number of pyridine rings is 1. The van der Waals surface area contributed by atoms with Gasteiger partial charge >= 0.3 is 0 Å². The van der Waals surface area contributed by atoms with E-state index in [1.54, 1.807) is 0 Å². The standard InChI is InChI=1S/C19H33N3/c1-5-7-8-9-10-11-12-18-14-13-17(6-2)19(21-18)15-22(4)16-20-3/h6,13-14,20H,2,5,7-12,15-16H2,1,3-4H3. The molecule has 0 aliphatic carbocycles. The molecule has 0 spiro atoms. The molecule has 22 heavy (non-hydrogen) atoms. The van der Waals surface area contributed by atoms with Crippen molar-refractivity contribution in [1.82, 2.24) is 15.2 Å². The van der Waals surface area contributed by atoms with Crippen molar-refractivity contribution in [2.24, 2.45) is 0 Å². The molecule has 1 aromatic heterocycles. The van der Waals surface area contributed by atoms with Crippen LogP contribution in [-0.4, -0.2) is 30.6 Å². The summed E-state index contributed by atoms with van der Waals surface area (Å²) < 4.78 is 0. The molecule has 0 aliphatic rings. The summed E-state index contributed by atoms with van der Waals surface area (Å²) in [6, 6.07) is 4.32. The summed E-state index contributed by atoms with van der Waals surface area (Å²) in [5, 5.41) is 3.17. The van der Waals surface area contributed by atoms with Crippen LogP contribution in [-0.2, 0) is 13.0 Å². The molecule has 0 aromatic carbocycles. The molecule has 0 atom stereocenters. The number of aromatic nitrogens is 1. The van der Waals surface area contributed by atoms with E-state index in [0.29, 0.717) is 0 Å². The average molecular weight is 303 g/mol. The van der Waals surface area contributed by atoms with Crippen LogP contribution in [0, 0.1) is 0 Å². The van der Waals surface area contributed by atoms with Gasteiger partial charge in [-0.2, -0.15) is 0 Å². The van der Waals surface area contributed by atoms with E-state index in [0.717, 1.165) is 30.9 Å². The van der Waals surface area contributed by atoms with Gasteiger partial charge < -0.3 is 5.32 Å². The minimum absolute atomic E-state index is 0.854. The Labute approximate surface area is 136 Å². The normalized spacial score (nSPS) is 11.1. The van der Waals surface area contributed by atoms with Gasteiger partial charge in [-0.15, -0.1) is 0 Å². The van der Waals surface area contributed by atoms with Gasteiger partial charge in [0.2, 0.25) is 0 Å². The number of aryl methyl sites for hydroxylation is 1. The van der Waals surface area contributed by atoms with Crippen LogP contribution in [0.2, 0.25) is 0 Å². The van der Waals surface area contributed by atoms with Crippen molar-refractivity contribution >= 4 is 6.08 Å². The van der Waals surface area contributed by atoms with Crippen LogP contribution in [0.15, 0.2) is 18.7 Å². The Kier molecular flexibility index (Phi) is 9.76. The van der Waals surface area contributed by atoms with Gasteiger partial charge in [0.25, 0.3) is 0 Å². The van der Waals surface area contributed by atoms with E-state index in [1.807, 2.05) is 13.1 Å². The Balaban J connectivity index is 2.52. The second-order valence-corrected chi connectivity index (χ2v) is 6.09. The minimum Gasteiger partial charge on any atom is -0.307 e. The van der Waals surface area contributed by atoms with E-state index in [9.17, 15) is 0 Å². The highest BCUT2D eigenvalue weighted by atomic mass is 15.2. The largest absolute Gasteiger partial charge is 0.307 e. The molecule has 1 N–H and O–H groups in total. The van der Waals surface area contributed by atoms with Crippen molar-refractivity contribution < 1.29 is 0 Å². The first-order valence-electron chi connectivity index (χ1n) is 8.65. The van der Waals surface area contributed by atoms with Gasteiger partial charge in [0.15, 0.2) is 0 Å². The second kappa shape index (κ2) is 11.4. The highest BCUT2D eigenvalue weighted by molar-refractivity contribution is 5.49. The molecule has 0 saturated heterocycles. The molecule has 1 rings (SSSR count). The van der Waals surface area contributed by atoms with Gasteiger partial charge in [-0.25, -0.2) is 0 Å². The number of nitrogens with one attached hydrogen (secondary N) is 1. The molecule has 1 heterocycles. The van der Waals surface area contributed by atoms with Gasteiger partial charge in [0.05, 0.1) is 5.69 Å². The van der Waals surface area contributed by atoms with Crippen LogP contribution < -0.4 is 5.32 Å². The average Bonchev–Trinajstić information content (AvgIpc) is 2.51. The first kappa shape index (κ1) is 18.9. The summed E-state index contributed by atoms with van der Waals surface area (Å²) in [5.74, 6) is 0. The van der Waals surface area contributed by atoms with Crippen molar-refractivity contribution in [2.45, 2.75) is 58.4 Å². The molecule has 0 aliphatic heterocycles. The number of rotatable bonds is 12. The molecule has 0 amide bonds. The third-order valence-corrected chi connectivity index (χ3v) is 3.92. The van der Waals surface area contributed by atoms with Gasteiger partial charge in [-0.3, -0.25) is 9.88 Å². The summed E-state index contributed by atoms with van der Waals surface area (Å²) in [7, 11) is 4.07. The summed E-state index contributed by atoms with van der Waals surface area (Å²) in [6.45, 7) is 7.88. The molecular weight excluding hydrogens is 270 g/mol. The van der Waals surface area contributed by atoms with Crippen LogP contribution >= 0.6 is 0 Å². The molecule has 0 saturated carbocycles. The molecule has 124 valence electrons. The Morgan fingerprint density at radius 3 is 2.59 bits per heavy atom. The maximum Gasteiger partial charge on any atom is 0.0619 e. The highest BCUT2D eigenvalue weighted by Gasteiger charge is 2.07. The summed E-state index contributed by atoms with van der Waals surface area (Å²) >= 11 is 0. The monoisotopic (exact) mass is 303 g/mol. The molecule has 3 nitrogen and oxygen atoms in total. The molecule has 0 unspecified atom stereocenters. The summed E-state index contributed by atoms with van der Waals surface area (Å²) in [4.78, 5) is 7.09. The Bertz CT molecular complexity index is 429. The van der Waals surface area contributed by atoms with Gasteiger partial charge in [-0.05, 0) is 38.6 Å². The molecule has 3 heteroatoms. The first-order valence-corrected chi connectivity index (χ1v) is 8.65. The van der Waals surface area contributed by atoms with Crippen LogP contribution in [0.25, 0.3) is 6.08 Å². The number of hydrogen-bond acceptors (Lipinski definition) is 3. The highest BCUT2D eigenvalue weighted by Crippen LogP contribution is 2.14. The topological polar surface area (TPSA) is 28.2 Å².